The van der Waals surface area contributed by atoms with Gasteiger partial charge in [0.15, 0.2) is 0 Å². The number of benzene rings is 1. The number of phenols is 1. The fraction of sp³-hybridized carbons (Fsp3) is 0.333. The van der Waals surface area contributed by atoms with Gasteiger partial charge in [-0.1, -0.05) is 13.8 Å². The van der Waals surface area contributed by atoms with Gasteiger partial charge >= 0.3 is 0 Å². The molecule has 0 aromatic heterocycles. The second-order valence-corrected chi connectivity index (χ2v) is 7.49. The maximum absolute atomic E-state index is 10.0. The van der Waals surface area contributed by atoms with Gasteiger partial charge in [-0.15, -0.1) is 0 Å². The van der Waals surface area contributed by atoms with Crippen molar-refractivity contribution < 1.29 is 5.11 Å². The monoisotopic (exact) mass is 640 g/mol. The first-order valence-corrected chi connectivity index (χ1v) is 8.24. The quantitative estimate of drug-likeness (QED) is 0.263. The van der Waals surface area contributed by atoms with Gasteiger partial charge in [0.2, 0.25) is 0 Å². The predicted octanol–water partition coefficient (Wildman–Crippen LogP) is 4.93. The predicted molar refractivity (Wildman–Crippen MR) is 93.1 cm³/mol. The second-order valence-electron chi connectivity index (χ2n) is 3.17. The fourth-order valence-corrected chi connectivity index (χ4v) is 4.99. The van der Waals surface area contributed by atoms with E-state index in [-0.39, 0.29) is 0 Å². The average molecular weight is 640 g/mol. The van der Waals surface area contributed by atoms with Gasteiger partial charge in [-0.2, -0.15) is 0 Å². The third kappa shape index (κ3) is 2.60. The fourth-order valence-electron chi connectivity index (χ4n) is 1.16. The van der Waals surface area contributed by atoms with Crippen molar-refractivity contribution in [1.29, 1.82) is 0 Å². The van der Waals surface area contributed by atoms with Crippen molar-refractivity contribution in [3.8, 4) is 5.75 Å². The molecular formula is C9H8I4O. The Morgan fingerprint density at radius 2 is 1.29 bits per heavy atom. The maximum Gasteiger partial charge on any atom is 0.134 e. The van der Waals surface area contributed by atoms with Crippen molar-refractivity contribution in [2.45, 2.75) is 19.8 Å². The summed E-state index contributed by atoms with van der Waals surface area (Å²) < 4.78 is 4.54. The maximum atomic E-state index is 10.0. The Morgan fingerprint density at radius 1 is 0.857 bits per heavy atom. The molecule has 0 aliphatic heterocycles. The molecule has 0 atom stereocenters. The summed E-state index contributed by atoms with van der Waals surface area (Å²) in [6.45, 7) is 4.21. The molecule has 5 heteroatoms. The first-order chi connectivity index (χ1) is 6.37. The Balaban J connectivity index is 3.60. The van der Waals surface area contributed by atoms with Gasteiger partial charge in [0.1, 0.15) is 5.75 Å². The Kier molecular flexibility index (Phi) is 5.52. The van der Waals surface area contributed by atoms with Gasteiger partial charge in [0.05, 0.1) is 3.57 Å². The summed E-state index contributed by atoms with van der Waals surface area (Å²) in [4.78, 5) is 0. The van der Waals surface area contributed by atoms with Gasteiger partial charge in [-0.05, 0) is 96.3 Å². The lowest BCUT2D eigenvalue weighted by Gasteiger charge is -2.15. The molecule has 0 amide bonds. The van der Waals surface area contributed by atoms with E-state index in [1.165, 1.54) is 7.14 Å². The van der Waals surface area contributed by atoms with E-state index in [9.17, 15) is 5.11 Å². The first-order valence-electron chi connectivity index (χ1n) is 3.92. The van der Waals surface area contributed by atoms with Gasteiger partial charge < -0.3 is 5.11 Å². The van der Waals surface area contributed by atoms with Crippen LogP contribution in [0, 0.1) is 14.3 Å². The summed E-state index contributed by atoms with van der Waals surface area (Å²) in [6, 6.07) is 0. The molecule has 0 spiro atoms. The molecule has 0 bridgehead atoms. The lowest BCUT2D eigenvalue weighted by Crippen LogP contribution is -2.01. The highest BCUT2D eigenvalue weighted by Gasteiger charge is 2.19. The SMILES string of the molecule is CC(C)c1c(O)c(I)c(I)c(I)c1I. The summed E-state index contributed by atoms with van der Waals surface area (Å²) in [5.74, 6) is 0.816. The van der Waals surface area contributed by atoms with Crippen LogP contribution in [0.5, 0.6) is 5.75 Å². The number of hydrogen-bond donors (Lipinski definition) is 1. The van der Waals surface area contributed by atoms with E-state index in [0.717, 1.165) is 12.7 Å². The Morgan fingerprint density at radius 3 is 1.71 bits per heavy atom. The van der Waals surface area contributed by atoms with Crippen molar-refractivity contribution in [2.24, 2.45) is 0 Å². The van der Waals surface area contributed by atoms with E-state index in [1.54, 1.807) is 0 Å². The second kappa shape index (κ2) is 5.52. The lowest BCUT2D eigenvalue weighted by atomic mass is 10.0. The number of halogens is 4. The van der Waals surface area contributed by atoms with Crippen LogP contribution in [0.15, 0.2) is 0 Å². The number of hydrogen-bond acceptors (Lipinski definition) is 1. The van der Waals surface area contributed by atoms with Crippen molar-refractivity contribution in [1.82, 2.24) is 0 Å². The molecule has 0 saturated heterocycles. The summed E-state index contributed by atoms with van der Waals surface area (Å²) >= 11 is 9.14. The van der Waals surface area contributed by atoms with Gasteiger partial charge in [-0.25, -0.2) is 0 Å². The summed E-state index contributed by atoms with van der Waals surface area (Å²) in [6.07, 6.45) is 0. The topological polar surface area (TPSA) is 20.2 Å². The molecule has 1 aromatic rings. The van der Waals surface area contributed by atoms with E-state index < -0.39 is 0 Å². The van der Waals surface area contributed by atoms with Crippen molar-refractivity contribution in [2.75, 3.05) is 0 Å². The van der Waals surface area contributed by atoms with E-state index in [4.69, 9.17) is 0 Å². The van der Waals surface area contributed by atoms with E-state index >= 15 is 0 Å². The van der Waals surface area contributed by atoms with Crippen LogP contribution in [-0.4, -0.2) is 5.11 Å². The largest absolute Gasteiger partial charge is 0.506 e. The molecule has 0 saturated carbocycles. The third-order valence-electron chi connectivity index (χ3n) is 1.85. The van der Waals surface area contributed by atoms with Crippen LogP contribution in [0.3, 0.4) is 0 Å². The molecule has 78 valence electrons. The van der Waals surface area contributed by atoms with E-state index in [2.05, 4.69) is 104 Å². The highest BCUT2D eigenvalue weighted by molar-refractivity contribution is 14.1. The minimum absolute atomic E-state index is 0.362. The van der Waals surface area contributed by atoms with Crippen LogP contribution >= 0.6 is 90.4 Å². The molecule has 1 rings (SSSR count). The molecule has 0 unspecified atom stereocenters. The van der Waals surface area contributed by atoms with Gasteiger partial charge in [-0.3, -0.25) is 0 Å². The Bertz CT molecular complexity index is 345. The molecule has 0 heterocycles. The van der Waals surface area contributed by atoms with Crippen molar-refractivity contribution in [3.63, 3.8) is 0 Å². The standard InChI is InChI=1S/C9H8I4O/c1-3(2)4-5(10)6(11)7(12)8(13)9(4)14/h3,14H,1-2H3. The minimum Gasteiger partial charge on any atom is -0.506 e. The molecule has 1 N–H and O–H groups in total. The summed E-state index contributed by atoms with van der Waals surface area (Å²) in [5, 5.41) is 10.0. The zero-order valence-corrected chi connectivity index (χ0v) is 16.2. The molecule has 0 fully saturated rings. The molecule has 1 aromatic carbocycles. The minimum atomic E-state index is 0.362. The van der Waals surface area contributed by atoms with E-state index in [1.807, 2.05) is 0 Å². The summed E-state index contributed by atoms with van der Waals surface area (Å²) in [5.41, 5.74) is 1.07. The highest BCUT2D eigenvalue weighted by atomic mass is 127. The van der Waals surface area contributed by atoms with Crippen LogP contribution in [0.1, 0.15) is 25.3 Å². The normalized spacial score (nSPS) is 11.1. The van der Waals surface area contributed by atoms with Crippen LogP contribution in [0.25, 0.3) is 0 Å². The Hall–Kier alpha value is 1.94. The zero-order valence-electron chi connectivity index (χ0n) is 7.54. The number of phenolic OH excluding ortho intramolecular Hbond substituents is 1. The van der Waals surface area contributed by atoms with Gasteiger partial charge in [0, 0.05) is 16.3 Å². The van der Waals surface area contributed by atoms with Crippen LogP contribution in [0.2, 0.25) is 0 Å². The average Bonchev–Trinajstić information content (AvgIpc) is 2.11. The van der Waals surface area contributed by atoms with Crippen LogP contribution < -0.4 is 0 Å². The number of aromatic hydroxyl groups is 1. The van der Waals surface area contributed by atoms with Crippen LogP contribution in [0.4, 0.5) is 0 Å². The van der Waals surface area contributed by atoms with Gasteiger partial charge in [0.25, 0.3) is 0 Å². The first kappa shape index (κ1) is 14.0. The summed E-state index contributed by atoms with van der Waals surface area (Å²) in [7, 11) is 0. The Labute approximate surface area is 138 Å². The van der Waals surface area contributed by atoms with Crippen molar-refractivity contribution in [3.05, 3.63) is 19.8 Å². The molecule has 1 nitrogen and oxygen atoms in total. The molecule has 0 aliphatic rings. The zero-order chi connectivity index (χ0) is 11.0. The molecule has 0 aliphatic carbocycles. The van der Waals surface area contributed by atoms with Crippen molar-refractivity contribution >= 4 is 90.4 Å². The highest BCUT2D eigenvalue weighted by Crippen LogP contribution is 2.40. The molecular weight excluding hydrogens is 632 g/mol. The molecule has 0 radical (unpaired) electrons. The number of rotatable bonds is 1. The third-order valence-corrected chi connectivity index (χ3v) is 9.28. The smallest absolute Gasteiger partial charge is 0.134 e. The molecule has 14 heavy (non-hydrogen) atoms. The van der Waals surface area contributed by atoms with E-state index in [0.29, 0.717) is 11.7 Å². The lowest BCUT2D eigenvalue weighted by molar-refractivity contribution is 0.459. The van der Waals surface area contributed by atoms with Crippen LogP contribution in [-0.2, 0) is 0 Å².